The van der Waals surface area contributed by atoms with E-state index >= 15 is 0 Å². The number of aromatic nitrogens is 3. The van der Waals surface area contributed by atoms with Crippen molar-refractivity contribution in [2.45, 2.75) is 40.2 Å². The summed E-state index contributed by atoms with van der Waals surface area (Å²) in [6, 6.07) is 9.91. The van der Waals surface area contributed by atoms with Crippen molar-refractivity contribution in [1.82, 2.24) is 20.1 Å². The number of ether oxygens (including phenoxy) is 2. The number of amides is 1. The van der Waals surface area contributed by atoms with Crippen LogP contribution >= 0.6 is 11.3 Å². The van der Waals surface area contributed by atoms with Gasteiger partial charge in [-0.25, -0.2) is 0 Å². The number of methoxy groups -OCH3 is 1. The number of nitrogens with zero attached hydrogens (tertiary/aromatic N) is 4. The van der Waals surface area contributed by atoms with E-state index in [4.69, 9.17) is 9.47 Å². The van der Waals surface area contributed by atoms with Crippen molar-refractivity contribution in [3.8, 4) is 16.6 Å². The summed E-state index contributed by atoms with van der Waals surface area (Å²) in [5.41, 5.74) is 3.25. The van der Waals surface area contributed by atoms with E-state index in [-0.39, 0.29) is 11.8 Å². The van der Waals surface area contributed by atoms with Crippen molar-refractivity contribution < 1.29 is 14.3 Å². The van der Waals surface area contributed by atoms with Gasteiger partial charge in [-0.05, 0) is 63.4 Å². The molecular formula is C24H31N5O3S. The molecule has 1 fully saturated rings. The number of aryl methyl sites for hydroxylation is 2. The average molecular weight is 470 g/mol. The third-order valence-electron chi connectivity index (χ3n) is 5.92. The van der Waals surface area contributed by atoms with Gasteiger partial charge in [-0.3, -0.25) is 9.36 Å². The maximum atomic E-state index is 12.9. The summed E-state index contributed by atoms with van der Waals surface area (Å²) in [4.78, 5) is 15.1. The van der Waals surface area contributed by atoms with Crippen molar-refractivity contribution in [2.75, 3.05) is 31.7 Å². The quantitative estimate of drug-likeness (QED) is 0.539. The minimum atomic E-state index is -0.0780. The molecule has 2 aromatic heterocycles. The molecule has 3 aromatic rings. The molecule has 1 amide bonds. The lowest BCUT2D eigenvalue weighted by Gasteiger charge is -2.31. The number of carbonyl (C=O) groups is 1. The number of hydrogen-bond acceptors (Lipinski definition) is 7. The fraction of sp³-hybridized carbons (Fsp3) is 0.458. The molecule has 0 radical (unpaired) electrons. The van der Waals surface area contributed by atoms with E-state index in [1.54, 1.807) is 18.4 Å². The maximum absolute atomic E-state index is 12.9. The van der Waals surface area contributed by atoms with Crippen molar-refractivity contribution in [3.63, 3.8) is 0 Å². The van der Waals surface area contributed by atoms with E-state index < -0.39 is 0 Å². The SMILES string of the molecule is CCOc1ccc(CNC(=O)[C@H]2CCCN(c3nnc(-n4c(C)ccc4C)s3)C2)cc1OC. The topological polar surface area (TPSA) is 81.5 Å². The van der Waals surface area contributed by atoms with Crippen molar-refractivity contribution in [3.05, 3.63) is 47.3 Å². The molecule has 0 bridgehead atoms. The van der Waals surface area contributed by atoms with Gasteiger partial charge in [-0.2, -0.15) is 0 Å². The number of nitrogens with one attached hydrogen (secondary N) is 1. The molecule has 1 aliphatic rings. The minimum Gasteiger partial charge on any atom is -0.493 e. The predicted molar refractivity (Wildman–Crippen MR) is 130 cm³/mol. The standard InChI is InChI=1S/C24H31N5O3S/c1-5-32-20-11-10-18(13-21(20)31-4)14-25-22(30)19-7-6-12-28(15-19)23-26-27-24(33-23)29-16(2)8-9-17(29)3/h8-11,13,19H,5-7,12,14-15H2,1-4H3,(H,25,30)/t19-/m0/s1. The summed E-state index contributed by atoms with van der Waals surface area (Å²) < 4.78 is 13.1. The van der Waals surface area contributed by atoms with Crippen LogP contribution < -0.4 is 19.7 Å². The molecule has 1 saturated heterocycles. The molecule has 33 heavy (non-hydrogen) atoms. The second kappa shape index (κ2) is 10.2. The lowest BCUT2D eigenvalue weighted by Crippen LogP contribution is -2.43. The first kappa shape index (κ1) is 23.1. The molecule has 1 aliphatic heterocycles. The van der Waals surface area contributed by atoms with Crippen molar-refractivity contribution in [2.24, 2.45) is 5.92 Å². The first-order valence-electron chi connectivity index (χ1n) is 11.3. The fourth-order valence-corrected chi connectivity index (χ4v) is 5.19. The number of benzene rings is 1. The zero-order valence-electron chi connectivity index (χ0n) is 19.6. The van der Waals surface area contributed by atoms with E-state index in [1.807, 2.05) is 25.1 Å². The molecule has 1 aromatic carbocycles. The molecular weight excluding hydrogens is 438 g/mol. The lowest BCUT2D eigenvalue weighted by molar-refractivity contribution is -0.125. The normalized spacial score (nSPS) is 16.0. The smallest absolute Gasteiger partial charge is 0.225 e. The number of rotatable bonds is 8. The highest BCUT2D eigenvalue weighted by atomic mass is 32.1. The van der Waals surface area contributed by atoms with E-state index in [0.717, 1.165) is 46.6 Å². The van der Waals surface area contributed by atoms with Gasteiger partial charge in [0, 0.05) is 31.0 Å². The van der Waals surface area contributed by atoms with Crippen LogP contribution in [-0.4, -0.2) is 47.5 Å². The fourth-order valence-electron chi connectivity index (χ4n) is 4.19. The summed E-state index contributed by atoms with van der Waals surface area (Å²) in [5, 5.41) is 13.6. The molecule has 9 heteroatoms. The van der Waals surface area contributed by atoms with Gasteiger partial charge in [-0.15, -0.1) is 10.2 Å². The molecule has 176 valence electrons. The van der Waals surface area contributed by atoms with Crippen LogP contribution in [-0.2, 0) is 11.3 Å². The second-order valence-corrected chi connectivity index (χ2v) is 9.17. The Balaban J connectivity index is 1.37. The van der Waals surface area contributed by atoms with Gasteiger partial charge in [-0.1, -0.05) is 17.4 Å². The minimum absolute atomic E-state index is 0.0642. The zero-order chi connectivity index (χ0) is 23.4. The molecule has 0 spiro atoms. The molecule has 0 aliphatic carbocycles. The Kier molecular flexibility index (Phi) is 7.17. The van der Waals surface area contributed by atoms with Crippen LogP contribution in [0.3, 0.4) is 0 Å². The molecule has 8 nitrogen and oxygen atoms in total. The molecule has 1 atom stereocenters. The van der Waals surface area contributed by atoms with E-state index in [2.05, 4.69) is 51.0 Å². The molecule has 1 N–H and O–H groups in total. The molecule has 0 unspecified atom stereocenters. The van der Waals surface area contributed by atoms with E-state index in [1.165, 1.54) is 0 Å². The Bertz CT molecular complexity index is 1090. The van der Waals surface area contributed by atoms with Crippen LogP contribution in [0.25, 0.3) is 5.13 Å². The van der Waals surface area contributed by atoms with Gasteiger partial charge in [0.15, 0.2) is 11.5 Å². The lowest BCUT2D eigenvalue weighted by atomic mass is 9.97. The maximum Gasteiger partial charge on any atom is 0.225 e. The first-order valence-corrected chi connectivity index (χ1v) is 12.1. The van der Waals surface area contributed by atoms with Gasteiger partial charge in [0.05, 0.1) is 19.6 Å². The van der Waals surface area contributed by atoms with Crippen LogP contribution in [0.2, 0.25) is 0 Å². The van der Waals surface area contributed by atoms with Gasteiger partial charge < -0.3 is 19.7 Å². The molecule has 3 heterocycles. The molecule has 0 saturated carbocycles. The third kappa shape index (κ3) is 5.13. The van der Waals surface area contributed by atoms with Crippen molar-refractivity contribution >= 4 is 22.4 Å². The highest BCUT2D eigenvalue weighted by molar-refractivity contribution is 7.17. The number of carbonyl (C=O) groups excluding carboxylic acids is 1. The second-order valence-electron chi connectivity index (χ2n) is 8.24. The highest BCUT2D eigenvalue weighted by Crippen LogP contribution is 2.30. The number of piperidine rings is 1. The Morgan fingerprint density at radius 1 is 1.15 bits per heavy atom. The number of hydrogen-bond donors (Lipinski definition) is 1. The van der Waals surface area contributed by atoms with Crippen LogP contribution in [0.15, 0.2) is 30.3 Å². The number of anilines is 1. The average Bonchev–Trinajstić information content (AvgIpc) is 3.44. The van der Waals surface area contributed by atoms with Gasteiger partial charge in [0.1, 0.15) is 0 Å². The van der Waals surface area contributed by atoms with Crippen LogP contribution in [0.4, 0.5) is 5.13 Å². The third-order valence-corrected chi connectivity index (χ3v) is 6.89. The summed E-state index contributed by atoms with van der Waals surface area (Å²) >= 11 is 1.57. The summed E-state index contributed by atoms with van der Waals surface area (Å²) in [6.45, 7) is 8.63. The summed E-state index contributed by atoms with van der Waals surface area (Å²) in [7, 11) is 1.62. The monoisotopic (exact) mass is 469 g/mol. The summed E-state index contributed by atoms with van der Waals surface area (Å²) in [6.07, 6.45) is 1.82. The Morgan fingerprint density at radius 3 is 2.64 bits per heavy atom. The van der Waals surface area contributed by atoms with Gasteiger partial charge >= 0.3 is 0 Å². The van der Waals surface area contributed by atoms with Crippen LogP contribution in [0, 0.1) is 19.8 Å². The summed E-state index contributed by atoms with van der Waals surface area (Å²) in [5.74, 6) is 1.37. The predicted octanol–water partition coefficient (Wildman–Crippen LogP) is 3.89. The Labute approximate surface area is 198 Å². The van der Waals surface area contributed by atoms with Crippen LogP contribution in [0.5, 0.6) is 11.5 Å². The van der Waals surface area contributed by atoms with Crippen molar-refractivity contribution in [1.29, 1.82) is 0 Å². The van der Waals surface area contributed by atoms with Gasteiger partial charge in [0.25, 0.3) is 0 Å². The Hall–Kier alpha value is -3.07. The molecule has 4 rings (SSSR count). The van der Waals surface area contributed by atoms with E-state index in [0.29, 0.717) is 31.2 Å². The highest BCUT2D eigenvalue weighted by Gasteiger charge is 2.28. The first-order chi connectivity index (χ1) is 16.0. The largest absolute Gasteiger partial charge is 0.493 e. The van der Waals surface area contributed by atoms with Crippen LogP contribution in [0.1, 0.15) is 36.7 Å². The van der Waals surface area contributed by atoms with Gasteiger partial charge in [0.2, 0.25) is 16.2 Å². The van der Waals surface area contributed by atoms with E-state index in [9.17, 15) is 4.79 Å². The Morgan fingerprint density at radius 2 is 1.91 bits per heavy atom. The zero-order valence-corrected chi connectivity index (χ0v) is 20.4.